The van der Waals surface area contributed by atoms with Crippen molar-refractivity contribution in [1.29, 1.82) is 0 Å². The molecule has 1 rings (SSSR count). The third-order valence-electron chi connectivity index (χ3n) is 2.54. The Morgan fingerprint density at radius 3 is 2.35 bits per heavy atom. The molecule has 0 saturated carbocycles. The molecule has 0 aliphatic carbocycles. The Morgan fingerprint density at radius 1 is 1.41 bits per heavy atom. The number of amides is 1. The van der Waals surface area contributed by atoms with Gasteiger partial charge in [0.15, 0.2) is 0 Å². The van der Waals surface area contributed by atoms with Crippen LogP contribution in [-0.2, 0) is 5.41 Å². The maximum atomic E-state index is 10.5. The van der Waals surface area contributed by atoms with Gasteiger partial charge in [-0.05, 0) is 5.56 Å². The molecule has 0 atom stereocenters. The van der Waals surface area contributed by atoms with Gasteiger partial charge in [-0.3, -0.25) is 10.1 Å². The first-order valence-electron chi connectivity index (χ1n) is 5.04. The van der Waals surface area contributed by atoms with Crippen molar-refractivity contribution in [3.8, 4) is 0 Å². The number of nitrogens with zero attached hydrogens (tertiary/aromatic N) is 1. The number of hydrogen-bond acceptors (Lipinski definition) is 3. The molecule has 0 bridgehead atoms. The van der Waals surface area contributed by atoms with Crippen LogP contribution in [0.25, 0.3) is 0 Å². The molecule has 0 aliphatic heterocycles. The largest absolute Gasteiger partial charge is 0.465 e. The second-order valence-corrected chi connectivity index (χ2v) is 4.35. The third-order valence-corrected chi connectivity index (χ3v) is 2.54. The molecule has 6 nitrogen and oxygen atoms in total. The van der Waals surface area contributed by atoms with Gasteiger partial charge in [0.2, 0.25) is 0 Å². The lowest BCUT2D eigenvalue weighted by molar-refractivity contribution is -0.384. The van der Waals surface area contributed by atoms with Gasteiger partial charge >= 0.3 is 6.09 Å². The van der Waals surface area contributed by atoms with Gasteiger partial charge in [-0.2, -0.15) is 0 Å². The molecule has 0 heterocycles. The van der Waals surface area contributed by atoms with Gasteiger partial charge in [-0.1, -0.05) is 26.0 Å². The summed E-state index contributed by atoms with van der Waals surface area (Å²) in [5.41, 5.74) is 0.459. The highest BCUT2D eigenvalue weighted by Crippen LogP contribution is 2.24. The Kier molecular flexibility index (Phi) is 3.67. The van der Waals surface area contributed by atoms with E-state index in [2.05, 4.69) is 5.32 Å². The minimum absolute atomic E-state index is 0.0238. The van der Waals surface area contributed by atoms with Crippen LogP contribution in [0.2, 0.25) is 0 Å². The van der Waals surface area contributed by atoms with Crippen LogP contribution in [-0.4, -0.2) is 22.7 Å². The maximum Gasteiger partial charge on any atom is 0.404 e. The summed E-state index contributed by atoms with van der Waals surface area (Å²) < 4.78 is 0. The number of benzene rings is 1. The molecule has 0 fully saturated rings. The first-order chi connectivity index (χ1) is 7.83. The molecule has 1 aromatic rings. The predicted molar refractivity (Wildman–Crippen MR) is 62.1 cm³/mol. The molecular weight excluding hydrogens is 224 g/mol. The summed E-state index contributed by atoms with van der Waals surface area (Å²) in [6.07, 6.45) is -1.08. The van der Waals surface area contributed by atoms with E-state index in [0.29, 0.717) is 0 Å². The minimum atomic E-state index is -1.08. The quantitative estimate of drug-likeness (QED) is 0.620. The van der Waals surface area contributed by atoms with Crippen molar-refractivity contribution in [1.82, 2.24) is 5.32 Å². The highest BCUT2D eigenvalue weighted by atomic mass is 16.6. The van der Waals surface area contributed by atoms with Crippen molar-refractivity contribution in [2.24, 2.45) is 0 Å². The number of hydrogen-bond donors (Lipinski definition) is 2. The molecule has 17 heavy (non-hydrogen) atoms. The molecule has 0 radical (unpaired) electrons. The number of non-ortho nitro benzene ring substituents is 1. The monoisotopic (exact) mass is 238 g/mol. The van der Waals surface area contributed by atoms with Gasteiger partial charge in [-0.15, -0.1) is 0 Å². The molecule has 1 amide bonds. The van der Waals surface area contributed by atoms with Crippen LogP contribution in [0.1, 0.15) is 19.4 Å². The normalized spacial score (nSPS) is 10.9. The van der Waals surface area contributed by atoms with E-state index in [1.54, 1.807) is 12.1 Å². The van der Waals surface area contributed by atoms with Gasteiger partial charge in [0.25, 0.3) is 5.69 Å². The van der Waals surface area contributed by atoms with E-state index < -0.39 is 16.4 Å². The summed E-state index contributed by atoms with van der Waals surface area (Å²) in [5.74, 6) is 0. The molecular formula is C11H14N2O4. The van der Waals surface area contributed by atoms with Gasteiger partial charge in [0, 0.05) is 24.1 Å². The number of nitrogens with one attached hydrogen (secondary N) is 1. The lowest BCUT2D eigenvalue weighted by Crippen LogP contribution is -2.35. The summed E-state index contributed by atoms with van der Waals surface area (Å²) in [5, 5.41) is 21.3. The molecule has 1 aromatic carbocycles. The summed E-state index contributed by atoms with van der Waals surface area (Å²) in [7, 11) is 0. The van der Waals surface area contributed by atoms with Gasteiger partial charge in [0.1, 0.15) is 0 Å². The van der Waals surface area contributed by atoms with E-state index >= 15 is 0 Å². The van der Waals surface area contributed by atoms with E-state index in [9.17, 15) is 14.9 Å². The van der Waals surface area contributed by atoms with Crippen LogP contribution in [0, 0.1) is 10.1 Å². The molecule has 6 heteroatoms. The molecule has 2 N–H and O–H groups in total. The molecule has 0 spiro atoms. The summed E-state index contributed by atoms with van der Waals surface area (Å²) in [6, 6.07) is 6.11. The Balaban J connectivity index is 2.84. The van der Waals surface area contributed by atoms with Crippen molar-refractivity contribution in [3.05, 3.63) is 39.9 Å². The Bertz CT molecular complexity index is 426. The van der Waals surface area contributed by atoms with Crippen molar-refractivity contribution in [3.63, 3.8) is 0 Å². The first kappa shape index (κ1) is 13.0. The molecule has 92 valence electrons. The van der Waals surface area contributed by atoms with E-state index in [-0.39, 0.29) is 12.2 Å². The zero-order chi connectivity index (χ0) is 13.1. The smallest absolute Gasteiger partial charge is 0.404 e. The molecule has 0 unspecified atom stereocenters. The fourth-order valence-corrected chi connectivity index (χ4v) is 1.43. The molecule has 0 aromatic heterocycles. The van der Waals surface area contributed by atoms with E-state index in [4.69, 9.17) is 5.11 Å². The fourth-order valence-electron chi connectivity index (χ4n) is 1.43. The average molecular weight is 238 g/mol. The predicted octanol–water partition coefficient (Wildman–Crippen LogP) is 2.14. The second-order valence-electron chi connectivity index (χ2n) is 4.35. The highest BCUT2D eigenvalue weighted by molar-refractivity contribution is 5.64. The van der Waals surface area contributed by atoms with Crippen molar-refractivity contribution >= 4 is 11.8 Å². The van der Waals surface area contributed by atoms with Gasteiger partial charge in [-0.25, -0.2) is 4.79 Å². The second kappa shape index (κ2) is 4.82. The number of carboxylic acid groups (broad SMARTS) is 1. The van der Waals surface area contributed by atoms with Crippen LogP contribution in [0.15, 0.2) is 24.3 Å². The van der Waals surface area contributed by atoms with Crippen molar-refractivity contribution < 1.29 is 14.8 Å². The third kappa shape index (κ3) is 3.44. The van der Waals surface area contributed by atoms with Gasteiger partial charge < -0.3 is 10.4 Å². The zero-order valence-corrected chi connectivity index (χ0v) is 9.64. The van der Waals surface area contributed by atoms with Crippen LogP contribution in [0.3, 0.4) is 0 Å². The van der Waals surface area contributed by atoms with E-state index in [1.165, 1.54) is 12.1 Å². The average Bonchev–Trinajstić information content (AvgIpc) is 2.27. The highest BCUT2D eigenvalue weighted by Gasteiger charge is 2.22. The maximum absolute atomic E-state index is 10.5. The first-order valence-corrected chi connectivity index (χ1v) is 5.04. The summed E-state index contributed by atoms with van der Waals surface area (Å²) in [4.78, 5) is 20.4. The van der Waals surface area contributed by atoms with Crippen LogP contribution in [0.5, 0.6) is 0 Å². The molecule has 0 saturated heterocycles. The fraction of sp³-hybridized carbons (Fsp3) is 0.364. The number of rotatable bonds is 4. The van der Waals surface area contributed by atoms with Gasteiger partial charge in [0.05, 0.1) is 4.92 Å². The van der Waals surface area contributed by atoms with Crippen molar-refractivity contribution in [2.75, 3.05) is 6.54 Å². The SMILES string of the molecule is CC(C)(CNC(=O)O)c1ccc([N+](=O)[O-])cc1. The zero-order valence-electron chi connectivity index (χ0n) is 9.64. The molecule has 0 aliphatic rings. The Labute approximate surface area is 98.4 Å². The van der Waals surface area contributed by atoms with E-state index in [1.807, 2.05) is 13.8 Å². The lowest BCUT2D eigenvalue weighted by atomic mass is 9.84. The van der Waals surface area contributed by atoms with E-state index in [0.717, 1.165) is 5.56 Å². The number of nitro benzene ring substituents is 1. The summed E-state index contributed by atoms with van der Waals surface area (Å²) >= 11 is 0. The minimum Gasteiger partial charge on any atom is -0.465 e. The Morgan fingerprint density at radius 2 is 1.94 bits per heavy atom. The number of carbonyl (C=O) groups is 1. The Hall–Kier alpha value is -2.11. The van der Waals surface area contributed by atoms with Crippen LogP contribution in [0.4, 0.5) is 10.5 Å². The van der Waals surface area contributed by atoms with Crippen LogP contribution >= 0.6 is 0 Å². The lowest BCUT2D eigenvalue weighted by Gasteiger charge is -2.24. The van der Waals surface area contributed by atoms with Crippen molar-refractivity contribution in [2.45, 2.75) is 19.3 Å². The summed E-state index contributed by atoms with van der Waals surface area (Å²) in [6.45, 7) is 3.98. The standard InChI is InChI=1S/C11H14N2O4/c1-11(2,7-12-10(14)15)8-3-5-9(6-4-8)13(16)17/h3-6,12H,7H2,1-2H3,(H,14,15). The topological polar surface area (TPSA) is 92.5 Å². The van der Waals surface area contributed by atoms with Crippen LogP contribution < -0.4 is 5.32 Å². The number of nitro groups is 1.